The molecule has 0 spiro atoms. The van der Waals surface area contributed by atoms with Crippen LogP contribution < -0.4 is 4.74 Å². The minimum atomic E-state index is -0.272. The average molecular weight is 425 g/mol. The molecule has 31 heavy (non-hydrogen) atoms. The smallest absolute Gasteiger partial charge is 0.165 e. The van der Waals surface area contributed by atoms with E-state index in [2.05, 4.69) is 38.1 Å². The van der Waals surface area contributed by atoms with Crippen molar-refractivity contribution in [1.29, 1.82) is 0 Å². The maximum Gasteiger partial charge on any atom is 0.165 e. The fourth-order valence-corrected chi connectivity index (χ4v) is 4.96. The molecule has 170 valence electrons. The molecule has 2 aromatic carbocycles. The van der Waals surface area contributed by atoms with Crippen molar-refractivity contribution in [2.24, 2.45) is 5.92 Å². The minimum absolute atomic E-state index is 0.0429. The normalized spacial score (nSPS) is 19.9. The van der Waals surface area contributed by atoms with Crippen molar-refractivity contribution in [3.05, 3.63) is 53.8 Å². The summed E-state index contributed by atoms with van der Waals surface area (Å²) in [6.45, 7) is 6.46. The van der Waals surface area contributed by atoms with Crippen LogP contribution in [0.1, 0.15) is 103 Å². The summed E-state index contributed by atoms with van der Waals surface area (Å²) < 4.78 is 20.4. The molecule has 0 amide bonds. The molecule has 1 fully saturated rings. The Hall–Kier alpha value is -1.83. The van der Waals surface area contributed by atoms with Gasteiger partial charge in [-0.1, -0.05) is 82.7 Å². The highest BCUT2D eigenvalue weighted by atomic mass is 19.1. The van der Waals surface area contributed by atoms with Gasteiger partial charge in [-0.05, 0) is 79.7 Å². The van der Waals surface area contributed by atoms with E-state index in [-0.39, 0.29) is 11.9 Å². The summed E-state index contributed by atoms with van der Waals surface area (Å²) in [4.78, 5) is 0. The highest BCUT2D eigenvalue weighted by Gasteiger charge is 2.22. The zero-order chi connectivity index (χ0) is 22.1. The topological polar surface area (TPSA) is 9.23 Å². The van der Waals surface area contributed by atoms with Gasteiger partial charge in [0.25, 0.3) is 0 Å². The predicted molar refractivity (Wildman–Crippen MR) is 130 cm³/mol. The lowest BCUT2D eigenvalue weighted by Crippen LogP contribution is -2.13. The van der Waals surface area contributed by atoms with E-state index in [1.165, 1.54) is 56.9 Å². The van der Waals surface area contributed by atoms with Crippen molar-refractivity contribution in [3.63, 3.8) is 0 Å². The maximum atomic E-state index is 14.6. The van der Waals surface area contributed by atoms with E-state index >= 15 is 0 Å². The quantitative estimate of drug-likeness (QED) is 0.326. The van der Waals surface area contributed by atoms with Crippen LogP contribution in [0.2, 0.25) is 0 Å². The molecule has 0 heterocycles. The Labute approximate surface area is 189 Å². The lowest BCUT2D eigenvalue weighted by atomic mass is 9.77. The van der Waals surface area contributed by atoms with Crippen molar-refractivity contribution in [2.45, 2.75) is 103 Å². The summed E-state index contributed by atoms with van der Waals surface area (Å²) in [5.41, 5.74) is 3.43. The third-order valence-corrected chi connectivity index (χ3v) is 7.00. The van der Waals surface area contributed by atoms with E-state index in [0.717, 1.165) is 36.3 Å². The molecule has 1 aliphatic rings. The highest BCUT2D eigenvalue weighted by Crippen LogP contribution is 2.38. The molecule has 0 saturated heterocycles. The first-order valence-corrected chi connectivity index (χ1v) is 12.7. The average Bonchev–Trinajstić information content (AvgIpc) is 2.80. The molecule has 1 aliphatic carbocycles. The number of halogens is 1. The van der Waals surface area contributed by atoms with Gasteiger partial charge >= 0.3 is 0 Å². The van der Waals surface area contributed by atoms with E-state index < -0.39 is 0 Å². The molecular formula is C29H41FO. The van der Waals surface area contributed by atoms with Gasteiger partial charge < -0.3 is 4.74 Å². The van der Waals surface area contributed by atoms with Crippen molar-refractivity contribution in [1.82, 2.24) is 0 Å². The summed E-state index contributed by atoms with van der Waals surface area (Å²) in [6.07, 6.45) is 14.1. The largest absolute Gasteiger partial charge is 0.488 e. The van der Waals surface area contributed by atoms with Crippen LogP contribution in [-0.4, -0.2) is 6.10 Å². The Morgan fingerprint density at radius 3 is 2.19 bits per heavy atom. The van der Waals surface area contributed by atoms with Gasteiger partial charge in [-0.3, -0.25) is 0 Å². The van der Waals surface area contributed by atoms with Crippen LogP contribution in [0.15, 0.2) is 42.5 Å². The Balaban J connectivity index is 1.56. The Morgan fingerprint density at radius 2 is 1.55 bits per heavy atom. The second-order valence-electron chi connectivity index (χ2n) is 9.55. The second kappa shape index (κ2) is 12.3. The van der Waals surface area contributed by atoms with Gasteiger partial charge in [-0.15, -0.1) is 0 Å². The molecule has 0 aromatic heterocycles. The molecule has 0 N–H and O–H groups in total. The van der Waals surface area contributed by atoms with Crippen molar-refractivity contribution < 1.29 is 9.13 Å². The predicted octanol–water partition coefficient (Wildman–Crippen LogP) is 9.30. The van der Waals surface area contributed by atoms with E-state index in [1.54, 1.807) is 12.1 Å². The van der Waals surface area contributed by atoms with Crippen LogP contribution in [0.4, 0.5) is 4.39 Å². The van der Waals surface area contributed by atoms with Crippen LogP contribution in [-0.2, 0) is 0 Å². The number of ether oxygens (including phenoxy) is 1. The van der Waals surface area contributed by atoms with Gasteiger partial charge in [0.2, 0.25) is 0 Å². The number of unbranched alkanes of at least 4 members (excludes halogenated alkanes) is 3. The fourth-order valence-electron chi connectivity index (χ4n) is 4.96. The third-order valence-electron chi connectivity index (χ3n) is 7.00. The van der Waals surface area contributed by atoms with Gasteiger partial charge in [0.05, 0.1) is 6.10 Å². The molecule has 3 rings (SSSR count). The van der Waals surface area contributed by atoms with Crippen LogP contribution >= 0.6 is 0 Å². The minimum Gasteiger partial charge on any atom is -0.488 e. The number of rotatable bonds is 11. The first-order valence-electron chi connectivity index (χ1n) is 12.7. The zero-order valence-electron chi connectivity index (χ0n) is 19.8. The van der Waals surface area contributed by atoms with E-state index in [1.807, 2.05) is 13.0 Å². The summed E-state index contributed by atoms with van der Waals surface area (Å²) in [7, 11) is 0. The summed E-state index contributed by atoms with van der Waals surface area (Å²) in [6, 6.07) is 14.2. The lowest BCUT2D eigenvalue weighted by Gasteiger charge is -2.29. The first-order chi connectivity index (χ1) is 15.1. The van der Waals surface area contributed by atoms with Crippen LogP contribution in [0.25, 0.3) is 11.1 Å². The van der Waals surface area contributed by atoms with E-state index in [0.29, 0.717) is 11.7 Å². The van der Waals surface area contributed by atoms with Crippen molar-refractivity contribution >= 4 is 0 Å². The maximum absolute atomic E-state index is 14.6. The standard InChI is InChI=1S/C29H41FO/c1-4-6-8-10-23-11-13-24(14-12-23)25-15-17-26(18-16-25)27-19-20-29(28(30)21-27)31-22(3)9-7-5-2/h15-24H,4-14H2,1-3H3. The van der Waals surface area contributed by atoms with Gasteiger partial charge in [0.15, 0.2) is 11.6 Å². The molecule has 1 atom stereocenters. The number of hydrogen-bond donors (Lipinski definition) is 0. The molecule has 1 unspecified atom stereocenters. The summed E-state index contributed by atoms with van der Waals surface area (Å²) in [5.74, 6) is 1.72. The number of benzene rings is 2. The molecule has 0 radical (unpaired) electrons. The van der Waals surface area contributed by atoms with Gasteiger partial charge in [0, 0.05) is 0 Å². The SMILES string of the molecule is CCCCCC1CCC(c2ccc(-c3ccc(OC(C)CCCC)c(F)c3)cc2)CC1. The molecule has 2 heteroatoms. The van der Waals surface area contributed by atoms with Gasteiger partial charge in [-0.25, -0.2) is 4.39 Å². The van der Waals surface area contributed by atoms with Crippen molar-refractivity contribution in [3.8, 4) is 16.9 Å². The van der Waals surface area contributed by atoms with Crippen LogP contribution in [0, 0.1) is 11.7 Å². The Bertz CT molecular complexity index is 774. The Kier molecular flexibility index (Phi) is 9.43. The second-order valence-corrected chi connectivity index (χ2v) is 9.55. The van der Waals surface area contributed by atoms with Gasteiger partial charge in [0.1, 0.15) is 0 Å². The van der Waals surface area contributed by atoms with Gasteiger partial charge in [-0.2, -0.15) is 0 Å². The molecular weight excluding hydrogens is 383 g/mol. The number of hydrogen-bond acceptors (Lipinski definition) is 1. The molecule has 0 bridgehead atoms. The van der Waals surface area contributed by atoms with Crippen molar-refractivity contribution in [2.75, 3.05) is 0 Å². The van der Waals surface area contributed by atoms with Crippen LogP contribution in [0.3, 0.4) is 0 Å². The lowest BCUT2D eigenvalue weighted by molar-refractivity contribution is 0.198. The van der Waals surface area contributed by atoms with Crippen LogP contribution in [0.5, 0.6) is 5.75 Å². The highest BCUT2D eigenvalue weighted by molar-refractivity contribution is 5.64. The third kappa shape index (κ3) is 7.09. The molecule has 1 saturated carbocycles. The van der Waals surface area contributed by atoms with E-state index in [4.69, 9.17) is 4.74 Å². The van der Waals surface area contributed by atoms with E-state index in [9.17, 15) is 4.39 Å². The Morgan fingerprint density at radius 1 is 0.871 bits per heavy atom. The summed E-state index contributed by atoms with van der Waals surface area (Å²) >= 11 is 0. The summed E-state index contributed by atoms with van der Waals surface area (Å²) in [5, 5.41) is 0. The fraction of sp³-hybridized carbons (Fsp3) is 0.586. The molecule has 1 nitrogen and oxygen atoms in total. The zero-order valence-corrected chi connectivity index (χ0v) is 19.8. The first kappa shape index (κ1) is 23.8. The molecule has 0 aliphatic heterocycles. The molecule has 2 aromatic rings. The monoisotopic (exact) mass is 424 g/mol.